The molecule has 0 unspecified atom stereocenters. The molecule has 2 amide bonds. The highest BCUT2D eigenvalue weighted by molar-refractivity contribution is 6.42. The number of benzene rings is 2. The summed E-state index contributed by atoms with van der Waals surface area (Å²) in [5, 5.41) is 6.88. The smallest absolute Gasteiger partial charge is 0.329 e. The molecule has 0 heterocycles. The first-order valence-corrected chi connectivity index (χ1v) is 9.08. The molecule has 2 aromatic rings. The van der Waals surface area contributed by atoms with E-state index in [1.807, 2.05) is 13.0 Å². The monoisotopic (exact) mass is 423 g/mol. The van der Waals surface area contributed by atoms with E-state index < -0.39 is 11.8 Å². The SMILES string of the molecule is CCOc1cc(/C=N\NC(=O)C(=O)NC)ccc1OCc1ccc(Cl)c(Cl)c1. The van der Waals surface area contributed by atoms with Gasteiger partial charge in [-0.05, 0) is 48.4 Å². The molecule has 0 atom stereocenters. The molecule has 0 saturated carbocycles. The van der Waals surface area contributed by atoms with Crippen LogP contribution in [0.3, 0.4) is 0 Å². The van der Waals surface area contributed by atoms with Gasteiger partial charge in [-0.3, -0.25) is 9.59 Å². The van der Waals surface area contributed by atoms with E-state index in [9.17, 15) is 9.59 Å². The first-order valence-electron chi connectivity index (χ1n) is 8.33. The van der Waals surface area contributed by atoms with Crippen molar-refractivity contribution in [3.05, 3.63) is 57.6 Å². The van der Waals surface area contributed by atoms with Gasteiger partial charge in [0.1, 0.15) is 6.61 Å². The zero-order valence-corrected chi connectivity index (χ0v) is 16.8. The van der Waals surface area contributed by atoms with Crippen molar-refractivity contribution in [1.82, 2.24) is 10.7 Å². The van der Waals surface area contributed by atoms with Crippen LogP contribution in [0.5, 0.6) is 11.5 Å². The minimum absolute atomic E-state index is 0.284. The van der Waals surface area contributed by atoms with Crippen molar-refractivity contribution in [2.24, 2.45) is 5.10 Å². The maximum Gasteiger partial charge on any atom is 0.329 e. The van der Waals surface area contributed by atoms with Gasteiger partial charge < -0.3 is 14.8 Å². The Labute approximate surface area is 172 Å². The molecule has 2 rings (SSSR count). The summed E-state index contributed by atoms with van der Waals surface area (Å²) in [6.45, 7) is 2.58. The van der Waals surface area contributed by atoms with Gasteiger partial charge in [-0.15, -0.1) is 0 Å². The van der Waals surface area contributed by atoms with E-state index in [1.54, 1.807) is 30.3 Å². The molecule has 9 heteroatoms. The highest BCUT2D eigenvalue weighted by atomic mass is 35.5. The van der Waals surface area contributed by atoms with Crippen LogP contribution < -0.4 is 20.2 Å². The van der Waals surface area contributed by atoms with E-state index in [-0.39, 0.29) is 6.61 Å². The number of nitrogens with zero attached hydrogens (tertiary/aromatic N) is 1. The van der Waals surface area contributed by atoms with Crippen molar-refractivity contribution in [2.45, 2.75) is 13.5 Å². The lowest BCUT2D eigenvalue weighted by Crippen LogP contribution is -2.35. The largest absolute Gasteiger partial charge is 0.490 e. The Bertz CT molecular complexity index is 887. The van der Waals surface area contributed by atoms with Gasteiger partial charge in [0.15, 0.2) is 11.5 Å². The molecular weight excluding hydrogens is 405 g/mol. The molecule has 0 spiro atoms. The highest BCUT2D eigenvalue weighted by Crippen LogP contribution is 2.29. The fourth-order valence-electron chi connectivity index (χ4n) is 2.11. The second kappa shape index (κ2) is 10.5. The number of amides is 2. The van der Waals surface area contributed by atoms with Crippen molar-refractivity contribution in [3.63, 3.8) is 0 Å². The van der Waals surface area contributed by atoms with Gasteiger partial charge >= 0.3 is 11.8 Å². The molecule has 0 radical (unpaired) electrons. The lowest BCUT2D eigenvalue weighted by atomic mass is 10.2. The van der Waals surface area contributed by atoms with Crippen molar-refractivity contribution in [3.8, 4) is 11.5 Å². The van der Waals surface area contributed by atoms with Gasteiger partial charge in [0.25, 0.3) is 0 Å². The number of ether oxygens (including phenoxy) is 2. The molecule has 0 fully saturated rings. The summed E-state index contributed by atoms with van der Waals surface area (Å²) < 4.78 is 11.4. The average molecular weight is 424 g/mol. The summed E-state index contributed by atoms with van der Waals surface area (Å²) in [7, 11) is 1.36. The van der Waals surface area contributed by atoms with Crippen LogP contribution in [0.2, 0.25) is 10.0 Å². The second-order valence-corrected chi connectivity index (χ2v) is 6.27. The third kappa shape index (κ3) is 6.14. The zero-order chi connectivity index (χ0) is 20.5. The number of hydrogen-bond donors (Lipinski definition) is 2. The second-order valence-electron chi connectivity index (χ2n) is 5.45. The third-order valence-electron chi connectivity index (χ3n) is 3.46. The zero-order valence-electron chi connectivity index (χ0n) is 15.3. The van der Waals surface area contributed by atoms with E-state index in [0.29, 0.717) is 33.7 Å². The number of carbonyl (C=O) groups excluding carboxylic acids is 2. The van der Waals surface area contributed by atoms with E-state index in [2.05, 4.69) is 15.8 Å². The molecule has 0 saturated heterocycles. The Morgan fingerprint density at radius 2 is 1.82 bits per heavy atom. The van der Waals surface area contributed by atoms with Crippen LogP contribution >= 0.6 is 23.2 Å². The molecule has 2 aromatic carbocycles. The lowest BCUT2D eigenvalue weighted by Gasteiger charge is -2.13. The van der Waals surface area contributed by atoms with Crippen LogP contribution in [0.25, 0.3) is 0 Å². The number of hydrogen-bond acceptors (Lipinski definition) is 5. The van der Waals surface area contributed by atoms with Gasteiger partial charge in [-0.2, -0.15) is 5.10 Å². The van der Waals surface area contributed by atoms with Gasteiger partial charge in [0.2, 0.25) is 0 Å². The number of halogens is 2. The average Bonchev–Trinajstić information content (AvgIpc) is 2.69. The Hall–Kier alpha value is -2.77. The summed E-state index contributed by atoms with van der Waals surface area (Å²) >= 11 is 11.9. The van der Waals surface area contributed by atoms with Gasteiger partial charge in [-0.1, -0.05) is 29.3 Å². The Morgan fingerprint density at radius 3 is 2.50 bits per heavy atom. The fourth-order valence-corrected chi connectivity index (χ4v) is 2.43. The van der Waals surface area contributed by atoms with Crippen LogP contribution in [0, 0.1) is 0 Å². The summed E-state index contributed by atoms with van der Waals surface area (Å²) in [4.78, 5) is 22.5. The minimum Gasteiger partial charge on any atom is -0.490 e. The summed E-state index contributed by atoms with van der Waals surface area (Å²) in [6, 6.07) is 10.4. The van der Waals surface area contributed by atoms with Crippen molar-refractivity contribution >= 4 is 41.2 Å². The Kier molecular flexibility index (Phi) is 8.10. The normalized spacial score (nSPS) is 10.6. The molecule has 28 heavy (non-hydrogen) atoms. The molecule has 0 bridgehead atoms. The standard InChI is InChI=1S/C19H19Cl2N3O4/c1-3-27-17-9-12(10-23-24-19(26)18(25)22-2)5-7-16(17)28-11-13-4-6-14(20)15(21)8-13/h4-10H,3,11H2,1-2H3,(H,22,25)(H,24,26)/b23-10-. The van der Waals surface area contributed by atoms with E-state index in [4.69, 9.17) is 32.7 Å². The molecule has 7 nitrogen and oxygen atoms in total. The van der Waals surface area contributed by atoms with Crippen LogP contribution in [0.15, 0.2) is 41.5 Å². The van der Waals surface area contributed by atoms with Gasteiger partial charge in [-0.25, -0.2) is 5.43 Å². The Morgan fingerprint density at radius 1 is 1.04 bits per heavy atom. The summed E-state index contributed by atoms with van der Waals surface area (Å²) in [5.41, 5.74) is 3.64. The number of hydrazone groups is 1. The van der Waals surface area contributed by atoms with Gasteiger partial charge in [0.05, 0.1) is 22.9 Å². The molecule has 0 aliphatic carbocycles. The van der Waals surface area contributed by atoms with Crippen molar-refractivity contribution in [1.29, 1.82) is 0 Å². The van der Waals surface area contributed by atoms with Crippen LogP contribution in [0.4, 0.5) is 0 Å². The van der Waals surface area contributed by atoms with E-state index in [0.717, 1.165) is 5.56 Å². The third-order valence-corrected chi connectivity index (χ3v) is 4.20. The topological polar surface area (TPSA) is 89.0 Å². The molecule has 0 aliphatic rings. The van der Waals surface area contributed by atoms with Crippen molar-refractivity contribution < 1.29 is 19.1 Å². The molecule has 0 aliphatic heterocycles. The summed E-state index contributed by atoms with van der Waals surface area (Å²) in [5.74, 6) is -0.577. The van der Waals surface area contributed by atoms with Gasteiger partial charge in [0, 0.05) is 7.05 Å². The van der Waals surface area contributed by atoms with Crippen molar-refractivity contribution in [2.75, 3.05) is 13.7 Å². The number of likely N-dealkylation sites (N-methyl/N-ethyl adjacent to an activating group) is 1. The Balaban J connectivity index is 2.07. The maximum atomic E-state index is 11.4. The first-order chi connectivity index (χ1) is 13.4. The van der Waals surface area contributed by atoms with Crippen LogP contribution in [0.1, 0.15) is 18.1 Å². The lowest BCUT2D eigenvalue weighted by molar-refractivity contribution is -0.138. The fraction of sp³-hybridized carbons (Fsp3) is 0.211. The van der Waals surface area contributed by atoms with Crippen LogP contribution in [-0.2, 0) is 16.2 Å². The quantitative estimate of drug-likeness (QED) is 0.406. The predicted molar refractivity (Wildman–Crippen MR) is 108 cm³/mol. The molecule has 2 N–H and O–H groups in total. The first kappa shape index (κ1) is 21.5. The molecule has 0 aromatic heterocycles. The molecule has 148 valence electrons. The molecular formula is C19H19Cl2N3O4. The summed E-state index contributed by atoms with van der Waals surface area (Å²) in [6.07, 6.45) is 1.39. The number of nitrogens with one attached hydrogen (secondary N) is 2. The van der Waals surface area contributed by atoms with Crippen LogP contribution in [-0.4, -0.2) is 31.7 Å². The number of carbonyl (C=O) groups is 2. The van der Waals surface area contributed by atoms with E-state index in [1.165, 1.54) is 13.3 Å². The number of rotatable bonds is 7. The minimum atomic E-state index is -0.856. The highest BCUT2D eigenvalue weighted by Gasteiger charge is 2.10. The predicted octanol–water partition coefficient (Wildman–Crippen LogP) is 3.17. The maximum absolute atomic E-state index is 11.4. The van der Waals surface area contributed by atoms with E-state index >= 15 is 0 Å².